The summed E-state index contributed by atoms with van der Waals surface area (Å²) >= 11 is 0. The molecule has 0 aliphatic carbocycles. The van der Waals surface area contributed by atoms with Gasteiger partial charge in [0.15, 0.2) is 11.6 Å². The summed E-state index contributed by atoms with van der Waals surface area (Å²) in [4.78, 5) is 38.8. The Morgan fingerprint density at radius 3 is 2.29 bits per heavy atom. The van der Waals surface area contributed by atoms with E-state index in [0.717, 1.165) is 17.0 Å². The molecule has 31 heavy (non-hydrogen) atoms. The summed E-state index contributed by atoms with van der Waals surface area (Å²) in [7, 11) is 1.66. The first kappa shape index (κ1) is 22.1. The van der Waals surface area contributed by atoms with E-state index in [2.05, 4.69) is 17.2 Å². The van der Waals surface area contributed by atoms with E-state index in [9.17, 15) is 23.2 Å². The monoisotopic (exact) mass is 425 g/mol. The summed E-state index contributed by atoms with van der Waals surface area (Å²) in [5.74, 6) is 2.42. The highest BCUT2D eigenvalue weighted by molar-refractivity contribution is 6.18. The number of amides is 3. The van der Waals surface area contributed by atoms with Crippen molar-refractivity contribution in [3.05, 3.63) is 65.2 Å². The molecule has 1 fully saturated rings. The van der Waals surface area contributed by atoms with Crippen molar-refractivity contribution in [3.8, 4) is 11.8 Å². The van der Waals surface area contributed by atoms with Crippen LogP contribution >= 0.6 is 0 Å². The topological polar surface area (TPSA) is 69.7 Å². The maximum Gasteiger partial charge on any atom is 0.332 e. The molecule has 1 heterocycles. The molecule has 0 saturated carbocycles. The standard InChI is InChI=1S/C23H21F2N3O3/c1-23(15-29)14-20(30)28(22(31)27(23)11-10-26-2)21-18(24)12-17(13-19(21)25)9-8-16-6-4-3-5-7-16/h3-7,12-13,15,26H,10-11,14H2,1-2H3. The minimum absolute atomic E-state index is 0.0595. The van der Waals surface area contributed by atoms with Crippen molar-refractivity contribution >= 4 is 23.9 Å². The Morgan fingerprint density at radius 2 is 1.71 bits per heavy atom. The van der Waals surface area contributed by atoms with E-state index >= 15 is 0 Å². The molecule has 160 valence electrons. The highest BCUT2D eigenvalue weighted by Crippen LogP contribution is 2.33. The maximum atomic E-state index is 14.9. The molecule has 1 aliphatic heterocycles. The third-order valence-corrected chi connectivity index (χ3v) is 5.00. The van der Waals surface area contributed by atoms with Gasteiger partial charge in [0.1, 0.15) is 17.5 Å². The molecule has 1 aliphatic rings. The number of anilines is 1. The van der Waals surface area contributed by atoms with Crippen molar-refractivity contribution in [1.29, 1.82) is 0 Å². The summed E-state index contributed by atoms with van der Waals surface area (Å²) in [6.45, 7) is 1.85. The number of hydrogen-bond acceptors (Lipinski definition) is 4. The summed E-state index contributed by atoms with van der Waals surface area (Å²) < 4.78 is 29.7. The number of urea groups is 1. The van der Waals surface area contributed by atoms with Crippen LogP contribution in [0.3, 0.4) is 0 Å². The van der Waals surface area contributed by atoms with Crippen molar-refractivity contribution in [2.45, 2.75) is 18.9 Å². The summed E-state index contributed by atoms with van der Waals surface area (Å²) in [6, 6.07) is 9.89. The second-order valence-corrected chi connectivity index (χ2v) is 7.32. The number of nitrogens with one attached hydrogen (secondary N) is 1. The fourth-order valence-electron chi connectivity index (χ4n) is 3.34. The summed E-state index contributed by atoms with van der Waals surface area (Å²) in [5.41, 5.74) is -1.44. The third-order valence-electron chi connectivity index (χ3n) is 5.00. The first-order chi connectivity index (χ1) is 14.8. The first-order valence-electron chi connectivity index (χ1n) is 9.62. The van der Waals surface area contributed by atoms with Crippen LogP contribution in [-0.4, -0.2) is 48.8 Å². The number of carbonyl (C=O) groups excluding carboxylic acids is 3. The smallest absolute Gasteiger partial charge is 0.318 e. The van der Waals surface area contributed by atoms with Gasteiger partial charge in [0.05, 0.1) is 6.42 Å². The fraction of sp³-hybridized carbons (Fsp3) is 0.261. The third kappa shape index (κ3) is 4.47. The first-order valence-corrected chi connectivity index (χ1v) is 9.62. The van der Waals surface area contributed by atoms with E-state index < -0.39 is 34.8 Å². The quantitative estimate of drug-likeness (QED) is 0.591. The molecule has 2 aromatic rings. The van der Waals surface area contributed by atoms with E-state index in [-0.39, 0.29) is 18.5 Å². The lowest BCUT2D eigenvalue weighted by atomic mass is 9.93. The zero-order valence-electron chi connectivity index (χ0n) is 17.1. The van der Waals surface area contributed by atoms with E-state index in [1.54, 1.807) is 31.3 Å². The number of hydrogen-bond donors (Lipinski definition) is 1. The van der Waals surface area contributed by atoms with Gasteiger partial charge < -0.3 is 15.0 Å². The zero-order valence-corrected chi connectivity index (χ0v) is 17.1. The van der Waals surface area contributed by atoms with Gasteiger partial charge in [0, 0.05) is 24.2 Å². The molecule has 6 nitrogen and oxygen atoms in total. The fourth-order valence-corrected chi connectivity index (χ4v) is 3.34. The van der Waals surface area contributed by atoms with E-state index in [1.807, 2.05) is 6.07 Å². The van der Waals surface area contributed by atoms with Crippen LogP contribution in [0.1, 0.15) is 24.5 Å². The highest BCUT2D eigenvalue weighted by atomic mass is 19.1. The van der Waals surface area contributed by atoms with Gasteiger partial charge in [0.25, 0.3) is 0 Å². The van der Waals surface area contributed by atoms with Gasteiger partial charge in [-0.05, 0) is 38.2 Å². The number of benzene rings is 2. The number of imide groups is 1. The number of rotatable bonds is 5. The predicted octanol–water partition coefficient (Wildman–Crippen LogP) is 2.70. The minimum Gasteiger partial charge on any atom is -0.318 e. The van der Waals surface area contributed by atoms with Crippen LogP contribution in [0.25, 0.3) is 0 Å². The summed E-state index contributed by atoms with van der Waals surface area (Å²) in [5, 5.41) is 2.84. The van der Waals surface area contributed by atoms with Crippen molar-refractivity contribution in [2.24, 2.45) is 0 Å². The molecule has 0 aromatic heterocycles. The lowest BCUT2D eigenvalue weighted by Gasteiger charge is -2.44. The Labute approximate surface area is 178 Å². The van der Waals surface area contributed by atoms with Crippen LogP contribution in [-0.2, 0) is 9.59 Å². The van der Waals surface area contributed by atoms with Gasteiger partial charge in [-0.2, -0.15) is 0 Å². The van der Waals surface area contributed by atoms with Gasteiger partial charge in [-0.25, -0.2) is 18.5 Å². The highest BCUT2D eigenvalue weighted by Gasteiger charge is 2.48. The molecular weight excluding hydrogens is 404 g/mol. The Hall–Kier alpha value is -3.57. The van der Waals surface area contributed by atoms with Crippen LogP contribution in [0.15, 0.2) is 42.5 Å². The van der Waals surface area contributed by atoms with E-state index in [1.165, 1.54) is 6.92 Å². The van der Waals surface area contributed by atoms with Crippen LogP contribution in [0, 0.1) is 23.5 Å². The molecule has 8 heteroatoms. The molecule has 3 rings (SSSR count). The molecule has 1 unspecified atom stereocenters. The Bertz CT molecular complexity index is 1060. The molecule has 1 saturated heterocycles. The van der Waals surface area contributed by atoms with Crippen molar-refractivity contribution in [1.82, 2.24) is 10.2 Å². The van der Waals surface area contributed by atoms with E-state index in [4.69, 9.17) is 0 Å². The number of likely N-dealkylation sites (N-methyl/N-ethyl adjacent to an activating group) is 1. The largest absolute Gasteiger partial charge is 0.332 e. The average Bonchev–Trinajstić information content (AvgIpc) is 2.74. The van der Waals surface area contributed by atoms with Gasteiger partial charge in [-0.3, -0.25) is 4.79 Å². The SMILES string of the molecule is CNCCN1C(=O)N(c2c(F)cc(C#Cc3ccccc3)cc2F)C(=O)CC1(C)C=O. The molecule has 3 amide bonds. The molecular formula is C23H21F2N3O3. The van der Waals surface area contributed by atoms with Crippen LogP contribution in [0.5, 0.6) is 0 Å². The summed E-state index contributed by atoms with van der Waals surface area (Å²) in [6.07, 6.45) is 0.116. The van der Waals surface area contributed by atoms with Crippen LogP contribution in [0.2, 0.25) is 0 Å². The van der Waals surface area contributed by atoms with Gasteiger partial charge in [-0.15, -0.1) is 0 Å². The van der Waals surface area contributed by atoms with Crippen LogP contribution in [0.4, 0.5) is 19.3 Å². The molecule has 1 N–H and O–H groups in total. The van der Waals surface area contributed by atoms with Crippen LogP contribution < -0.4 is 10.2 Å². The van der Waals surface area contributed by atoms with Gasteiger partial charge >= 0.3 is 6.03 Å². The molecule has 0 bridgehead atoms. The second kappa shape index (κ2) is 9.06. The lowest BCUT2D eigenvalue weighted by Crippen LogP contribution is -2.65. The van der Waals surface area contributed by atoms with Crippen molar-refractivity contribution < 1.29 is 23.2 Å². The predicted molar refractivity (Wildman–Crippen MR) is 111 cm³/mol. The Morgan fingerprint density at radius 1 is 1.10 bits per heavy atom. The molecule has 0 radical (unpaired) electrons. The molecule has 0 spiro atoms. The number of nitrogens with zero attached hydrogens (tertiary/aromatic N) is 2. The van der Waals surface area contributed by atoms with Crippen molar-refractivity contribution in [3.63, 3.8) is 0 Å². The maximum absolute atomic E-state index is 14.9. The van der Waals surface area contributed by atoms with Crippen molar-refractivity contribution in [2.75, 3.05) is 25.0 Å². The lowest BCUT2D eigenvalue weighted by molar-refractivity contribution is -0.128. The molecule has 1 atom stereocenters. The second-order valence-electron chi connectivity index (χ2n) is 7.32. The average molecular weight is 425 g/mol. The number of carbonyl (C=O) groups is 3. The van der Waals surface area contributed by atoms with E-state index in [0.29, 0.717) is 23.3 Å². The Kier molecular flexibility index (Phi) is 6.47. The molecule has 2 aromatic carbocycles. The number of aldehydes is 1. The van der Waals surface area contributed by atoms with Gasteiger partial charge in [0.2, 0.25) is 5.91 Å². The minimum atomic E-state index is -1.39. The normalized spacial score (nSPS) is 18.6. The Balaban J connectivity index is 1.98. The number of halogens is 2. The van der Waals surface area contributed by atoms with Gasteiger partial charge in [-0.1, -0.05) is 30.0 Å². The zero-order chi connectivity index (χ0) is 22.6.